The second kappa shape index (κ2) is 7.64. The van der Waals surface area contributed by atoms with E-state index >= 15 is 0 Å². The molecule has 8 heteroatoms. The van der Waals surface area contributed by atoms with E-state index in [1.165, 1.54) is 24.3 Å². The van der Waals surface area contributed by atoms with Crippen LogP contribution in [0, 0.1) is 11.7 Å². The number of para-hydroxylation sites is 1. The maximum Gasteiger partial charge on any atom is 0.266 e. The minimum absolute atomic E-state index is 0.187. The standard InChI is InChI=1S/C23H15Cl2FN2O3/c24-14-8-11-18(17(25)12-14)27-22(29)19-20(13-6-9-15(26)10-7-13)28(31-21(19)23(27)30)16-4-2-1-3-5-16/h1-12,19-21H/t19-,20-,21-/m1/s1. The van der Waals surface area contributed by atoms with E-state index in [0.29, 0.717) is 16.3 Å². The second-order valence-electron chi connectivity index (χ2n) is 7.32. The van der Waals surface area contributed by atoms with Crippen LogP contribution in [-0.4, -0.2) is 17.9 Å². The summed E-state index contributed by atoms with van der Waals surface area (Å²) in [5.74, 6) is -2.17. The largest absolute Gasteiger partial charge is 0.273 e. The zero-order valence-corrected chi connectivity index (χ0v) is 17.4. The van der Waals surface area contributed by atoms with Gasteiger partial charge in [-0.25, -0.2) is 14.4 Å². The molecule has 2 aliphatic rings. The highest BCUT2D eigenvalue weighted by Crippen LogP contribution is 2.48. The topological polar surface area (TPSA) is 49.9 Å². The monoisotopic (exact) mass is 456 g/mol. The van der Waals surface area contributed by atoms with Crippen molar-refractivity contribution in [2.75, 3.05) is 9.96 Å². The van der Waals surface area contributed by atoms with Gasteiger partial charge in [-0.05, 0) is 48.0 Å². The first-order chi connectivity index (χ1) is 15.0. The van der Waals surface area contributed by atoms with Crippen LogP contribution in [0.2, 0.25) is 10.0 Å². The quantitative estimate of drug-likeness (QED) is 0.509. The molecule has 3 aromatic carbocycles. The SMILES string of the molecule is O=C1[C@@H]2[C@@H](c3ccc(F)cc3)N(c3ccccc3)O[C@H]2C(=O)N1c1ccc(Cl)cc1Cl. The van der Waals surface area contributed by atoms with Gasteiger partial charge >= 0.3 is 0 Å². The summed E-state index contributed by atoms with van der Waals surface area (Å²) in [6.07, 6.45) is -1.03. The number of hydrogen-bond donors (Lipinski definition) is 0. The van der Waals surface area contributed by atoms with Crippen molar-refractivity contribution in [3.05, 3.63) is 94.2 Å². The maximum atomic E-state index is 13.6. The Morgan fingerprint density at radius 2 is 1.58 bits per heavy atom. The molecular weight excluding hydrogens is 442 g/mol. The number of anilines is 2. The van der Waals surface area contributed by atoms with E-state index in [1.807, 2.05) is 30.3 Å². The first kappa shape index (κ1) is 20.0. The number of fused-ring (bicyclic) bond motifs is 1. The van der Waals surface area contributed by atoms with Crippen LogP contribution < -0.4 is 9.96 Å². The Labute approximate surface area is 187 Å². The number of imide groups is 1. The van der Waals surface area contributed by atoms with Crippen LogP contribution in [-0.2, 0) is 14.4 Å². The number of rotatable bonds is 3. The Bertz CT molecular complexity index is 1170. The molecule has 0 bridgehead atoms. The molecule has 0 radical (unpaired) electrons. The van der Waals surface area contributed by atoms with Crippen molar-refractivity contribution in [3.8, 4) is 0 Å². The van der Waals surface area contributed by atoms with Crippen molar-refractivity contribution in [3.63, 3.8) is 0 Å². The number of benzene rings is 3. The normalized spacial score (nSPS) is 22.9. The third-order valence-electron chi connectivity index (χ3n) is 5.49. The average molecular weight is 457 g/mol. The maximum absolute atomic E-state index is 13.6. The zero-order chi connectivity index (χ0) is 21.7. The first-order valence-corrected chi connectivity index (χ1v) is 10.3. The van der Waals surface area contributed by atoms with Crippen molar-refractivity contribution in [1.82, 2.24) is 0 Å². The number of carbonyl (C=O) groups is 2. The molecule has 31 heavy (non-hydrogen) atoms. The van der Waals surface area contributed by atoms with Crippen LogP contribution in [0.25, 0.3) is 0 Å². The molecule has 0 saturated carbocycles. The van der Waals surface area contributed by atoms with E-state index in [-0.39, 0.29) is 10.7 Å². The van der Waals surface area contributed by atoms with Gasteiger partial charge in [-0.3, -0.25) is 14.4 Å². The molecule has 156 valence electrons. The van der Waals surface area contributed by atoms with E-state index in [1.54, 1.807) is 23.3 Å². The van der Waals surface area contributed by atoms with E-state index in [4.69, 9.17) is 28.0 Å². The Hall–Kier alpha value is -2.93. The minimum Gasteiger partial charge on any atom is -0.273 e. The van der Waals surface area contributed by atoms with Gasteiger partial charge in [0.25, 0.3) is 5.91 Å². The highest BCUT2D eigenvalue weighted by atomic mass is 35.5. The Morgan fingerprint density at radius 1 is 0.871 bits per heavy atom. The fourth-order valence-corrected chi connectivity index (χ4v) is 4.61. The Kier molecular flexibility index (Phi) is 4.93. The molecule has 2 aliphatic heterocycles. The number of carbonyl (C=O) groups excluding carboxylic acids is 2. The molecular formula is C23H15Cl2FN2O3. The molecule has 2 saturated heterocycles. The van der Waals surface area contributed by atoms with Gasteiger partial charge in [0.2, 0.25) is 5.91 Å². The van der Waals surface area contributed by atoms with Gasteiger partial charge in [-0.1, -0.05) is 53.5 Å². The molecule has 2 amide bonds. The summed E-state index contributed by atoms with van der Waals surface area (Å²) in [6, 6.07) is 18.9. The van der Waals surface area contributed by atoms with E-state index < -0.39 is 35.7 Å². The van der Waals surface area contributed by atoms with Gasteiger partial charge in [0, 0.05) is 5.02 Å². The third kappa shape index (κ3) is 3.28. The lowest BCUT2D eigenvalue weighted by molar-refractivity contribution is -0.126. The lowest BCUT2D eigenvalue weighted by atomic mass is 9.90. The molecule has 3 aromatic rings. The zero-order valence-electron chi connectivity index (χ0n) is 15.9. The first-order valence-electron chi connectivity index (χ1n) is 9.55. The molecule has 3 atom stereocenters. The van der Waals surface area contributed by atoms with E-state index in [9.17, 15) is 14.0 Å². The fraction of sp³-hybridized carbons (Fsp3) is 0.130. The van der Waals surface area contributed by atoms with Crippen LogP contribution in [0.1, 0.15) is 11.6 Å². The van der Waals surface area contributed by atoms with Gasteiger partial charge in [0.15, 0.2) is 6.10 Å². The van der Waals surface area contributed by atoms with Crippen molar-refractivity contribution < 1.29 is 18.8 Å². The summed E-state index contributed by atoms with van der Waals surface area (Å²) in [5.41, 5.74) is 1.59. The summed E-state index contributed by atoms with van der Waals surface area (Å²) in [4.78, 5) is 33.8. The summed E-state index contributed by atoms with van der Waals surface area (Å²) < 4.78 is 13.6. The number of halogens is 3. The number of nitrogens with zero attached hydrogens (tertiary/aromatic N) is 2. The summed E-state index contributed by atoms with van der Waals surface area (Å²) in [5, 5.41) is 2.13. The Morgan fingerprint density at radius 3 is 2.26 bits per heavy atom. The van der Waals surface area contributed by atoms with Crippen molar-refractivity contribution >= 4 is 46.4 Å². The fourth-order valence-electron chi connectivity index (χ4n) is 4.11. The summed E-state index contributed by atoms with van der Waals surface area (Å²) >= 11 is 12.2. The third-order valence-corrected chi connectivity index (χ3v) is 6.03. The molecule has 0 spiro atoms. The van der Waals surface area contributed by atoms with Crippen LogP contribution in [0.3, 0.4) is 0 Å². The molecule has 0 aromatic heterocycles. The lowest BCUT2D eigenvalue weighted by Gasteiger charge is -2.29. The number of amides is 2. The molecule has 5 nitrogen and oxygen atoms in total. The van der Waals surface area contributed by atoms with E-state index in [0.717, 1.165) is 4.90 Å². The summed E-state index contributed by atoms with van der Waals surface area (Å²) in [7, 11) is 0. The average Bonchev–Trinajstić information content (AvgIpc) is 3.26. The van der Waals surface area contributed by atoms with Crippen LogP contribution in [0.4, 0.5) is 15.8 Å². The predicted molar refractivity (Wildman–Crippen MR) is 115 cm³/mol. The lowest BCUT2D eigenvalue weighted by Crippen LogP contribution is -2.37. The number of hydrogen-bond acceptors (Lipinski definition) is 4. The minimum atomic E-state index is -1.03. The molecule has 0 unspecified atom stereocenters. The number of hydroxylamine groups is 1. The smallest absolute Gasteiger partial charge is 0.266 e. The second-order valence-corrected chi connectivity index (χ2v) is 8.16. The van der Waals surface area contributed by atoms with Crippen molar-refractivity contribution in [1.29, 1.82) is 0 Å². The van der Waals surface area contributed by atoms with Crippen LogP contribution in [0.15, 0.2) is 72.8 Å². The highest BCUT2D eigenvalue weighted by Gasteiger charge is 2.60. The Balaban J connectivity index is 1.59. The molecule has 2 fully saturated rings. The molecule has 5 rings (SSSR count). The van der Waals surface area contributed by atoms with Gasteiger partial charge in [-0.15, -0.1) is 0 Å². The van der Waals surface area contributed by atoms with Crippen molar-refractivity contribution in [2.45, 2.75) is 12.1 Å². The van der Waals surface area contributed by atoms with Crippen molar-refractivity contribution in [2.24, 2.45) is 5.92 Å². The van der Waals surface area contributed by atoms with Gasteiger partial charge in [0.1, 0.15) is 11.7 Å². The van der Waals surface area contributed by atoms with Gasteiger partial charge in [-0.2, -0.15) is 0 Å². The summed E-state index contributed by atoms with van der Waals surface area (Å²) in [6.45, 7) is 0. The van der Waals surface area contributed by atoms with Crippen LogP contribution >= 0.6 is 23.2 Å². The highest BCUT2D eigenvalue weighted by molar-refractivity contribution is 6.38. The molecule has 2 heterocycles. The van der Waals surface area contributed by atoms with Crippen LogP contribution in [0.5, 0.6) is 0 Å². The van der Waals surface area contributed by atoms with Gasteiger partial charge < -0.3 is 0 Å². The molecule has 0 aliphatic carbocycles. The van der Waals surface area contributed by atoms with Gasteiger partial charge in [0.05, 0.1) is 22.4 Å². The van der Waals surface area contributed by atoms with E-state index in [2.05, 4.69) is 0 Å². The molecule has 0 N–H and O–H groups in total. The predicted octanol–water partition coefficient (Wildman–Crippen LogP) is 5.18.